The molecule has 3 N–H and O–H groups in total. The van der Waals surface area contributed by atoms with Gasteiger partial charge in [-0.1, -0.05) is 18.2 Å². The minimum Gasteiger partial charge on any atom is -0.496 e. The number of ether oxygens (including phenoxy) is 2. The van der Waals surface area contributed by atoms with Gasteiger partial charge in [-0.15, -0.1) is 0 Å². The summed E-state index contributed by atoms with van der Waals surface area (Å²) in [6.45, 7) is 5.95. The average molecular weight is 296 g/mol. The maximum Gasteiger partial charge on any atom is 0.431 e. The van der Waals surface area contributed by atoms with Crippen molar-refractivity contribution in [3.8, 4) is 5.75 Å². The number of rotatable bonds is 6. The zero-order chi connectivity index (χ0) is 15.9. The molecule has 0 aliphatic heterocycles. The number of hydroxylamine groups is 1. The number of methoxy groups -OCH3 is 1. The highest BCUT2D eigenvalue weighted by atomic mass is 16.7. The highest BCUT2D eigenvalue weighted by Gasteiger charge is 2.18. The van der Waals surface area contributed by atoms with Crippen molar-refractivity contribution in [2.45, 2.75) is 32.3 Å². The van der Waals surface area contributed by atoms with Gasteiger partial charge in [-0.05, 0) is 26.8 Å². The van der Waals surface area contributed by atoms with E-state index in [0.29, 0.717) is 6.54 Å². The zero-order valence-electron chi connectivity index (χ0n) is 13.0. The molecule has 0 heterocycles. The van der Waals surface area contributed by atoms with Crippen molar-refractivity contribution in [2.24, 2.45) is 5.73 Å². The van der Waals surface area contributed by atoms with Crippen LogP contribution < -0.4 is 16.0 Å². The summed E-state index contributed by atoms with van der Waals surface area (Å²) in [6, 6.07) is 7.57. The highest BCUT2D eigenvalue weighted by molar-refractivity contribution is 5.66. The summed E-state index contributed by atoms with van der Waals surface area (Å²) in [5.41, 5.74) is 8.39. The van der Waals surface area contributed by atoms with Crippen molar-refractivity contribution in [1.29, 1.82) is 0 Å². The number of nitrogens with two attached hydrogens (primary N) is 1. The Kier molecular flexibility index (Phi) is 6.45. The van der Waals surface area contributed by atoms with E-state index in [1.807, 2.05) is 24.3 Å². The molecular formula is C15H24N2O4. The van der Waals surface area contributed by atoms with Crippen molar-refractivity contribution >= 4 is 6.09 Å². The monoisotopic (exact) mass is 296 g/mol. The van der Waals surface area contributed by atoms with E-state index in [1.54, 1.807) is 27.9 Å². The Labute approximate surface area is 125 Å². The molecule has 0 saturated carbocycles. The predicted molar refractivity (Wildman–Crippen MR) is 80.1 cm³/mol. The first-order chi connectivity index (χ1) is 9.87. The lowest BCUT2D eigenvalue weighted by Crippen LogP contribution is -2.34. The molecule has 1 unspecified atom stereocenters. The maximum absolute atomic E-state index is 11.5. The lowest BCUT2D eigenvalue weighted by Gasteiger charge is -2.21. The Morgan fingerprint density at radius 1 is 1.33 bits per heavy atom. The van der Waals surface area contributed by atoms with Crippen LogP contribution in [0.1, 0.15) is 32.3 Å². The van der Waals surface area contributed by atoms with Crippen molar-refractivity contribution in [1.82, 2.24) is 5.48 Å². The predicted octanol–water partition coefficient (Wildman–Crippen LogP) is 2.19. The molecule has 1 rings (SSSR count). The van der Waals surface area contributed by atoms with Crippen LogP contribution in [-0.2, 0) is 9.57 Å². The van der Waals surface area contributed by atoms with Gasteiger partial charge in [0.05, 0.1) is 13.7 Å². The van der Waals surface area contributed by atoms with Gasteiger partial charge in [0.15, 0.2) is 0 Å². The minimum atomic E-state index is -0.627. The van der Waals surface area contributed by atoms with Gasteiger partial charge in [0.2, 0.25) is 0 Å². The number of nitrogens with one attached hydrogen (secondary N) is 1. The fraction of sp³-hybridized carbons (Fsp3) is 0.533. The first-order valence-electron chi connectivity index (χ1n) is 6.81. The number of hydrogen-bond acceptors (Lipinski definition) is 5. The Bertz CT molecular complexity index is 457. The lowest BCUT2D eigenvalue weighted by atomic mass is 9.99. The van der Waals surface area contributed by atoms with Crippen LogP contribution in [0.25, 0.3) is 0 Å². The molecular weight excluding hydrogens is 272 g/mol. The SMILES string of the molecule is COc1ccccc1C(CN)CONC(=O)OC(C)(C)C. The van der Waals surface area contributed by atoms with Gasteiger partial charge in [-0.3, -0.25) is 4.84 Å². The largest absolute Gasteiger partial charge is 0.496 e. The topological polar surface area (TPSA) is 82.8 Å². The summed E-state index contributed by atoms with van der Waals surface area (Å²) >= 11 is 0. The Morgan fingerprint density at radius 2 is 2.00 bits per heavy atom. The standard InChI is InChI=1S/C15H24N2O4/c1-15(2,3)21-14(18)17-20-10-11(9-16)12-7-5-6-8-13(12)19-4/h5-8,11H,9-10,16H2,1-4H3,(H,17,18). The first-order valence-corrected chi connectivity index (χ1v) is 6.81. The van der Waals surface area contributed by atoms with Gasteiger partial charge in [0, 0.05) is 18.0 Å². The normalized spacial score (nSPS) is 12.6. The van der Waals surface area contributed by atoms with Crippen LogP contribution in [0.4, 0.5) is 4.79 Å². The second-order valence-corrected chi connectivity index (χ2v) is 5.59. The van der Waals surface area contributed by atoms with Crippen LogP contribution in [0.5, 0.6) is 5.75 Å². The molecule has 0 spiro atoms. The summed E-state index contributed by atoms with van der Waals surface area (Å²) in [6.07, 6.45) is -0.627. The summed E-state index contributed by atoms with van der Waals surface area (Å²) in [7, 11) is 1.60. The molecule has 1 amide bonds. The minimum absolute atomic E-state index is 0.0870. The maximum atomic E-state index is 11.5. The van der Waals surface area contributed by atoms with Gasteiger partial charge in [-0.25, -0.2) is 4.79 Å². The average Bonchev–Trinajstić information content (AvgIpc) is 2.42. The third kappa shape index (κ3) is 6.01. The van der Waals surface area contributed by atoms with Crippen LogP contribution in [-0.4, -0.2) is 32.0 Å². The molecule has 6 heteroatoms. The van der Waals surface area contributed by atoms with E-state index in [0.717, 1.165) is 11.3 Å². The van der Waals surface area contributed by atoms with Crippen molar-refractivity contribution in [3.05, 3.63) is 29.8 Å². The number of hydrogen-bond donors (Lipinski definition) is 2. The highest BCUT2D eigenvalue weighted by Crippen LogP contribution is 2.25. The first kappa shape index (κ1) is 17.3. The molecule has 0 aliphatic carbocycles. The number of carbonyl (C=O) groups excluding carboxylic acids is 1. The third-order valence-electron chi connectivity index (χ3n) is 2.70. The number of benzene rings is 1. The quantitative estimate of drug-likeness (QED) is 0.786. The second-order valence-electron chi connectivity index (χ2n) is 5.59. The lowest BCUT2D eigenvalue weighted by molar-refractivity contribution is -0.0112. The van der Waals surface area contributed by atoms with Crippen LogP contribution in [0, 0.1) is 0 Å². The van der Waals surface area contributed by atoms with Crippen LogP contribution in [0.15, 0.2) is 24.3 Å². The molecule has 118 valence electrons. The number of carbonyl (C=O) groups is 1. The number of amides is 1. The van der Waals surface area contributed by atoms with E-state index in [4.69, 9.17) is 20.0 Å². The molecule has 1 atom stereocenters. The zero-order valence-corrected chi connectivity index (χ0v) is 13.0. The molecule has 0 fully saturated rings. The smallest absolute Gasteiger partial charge is 0.431 e. The molecule has 21 heavy (non-hydrogen) atoms. The molecule has 6 nitrogen and oxygen atoms in total. The van der Waals surface area contributed by atoms with E-state index < -0.39 is 11.7 Å². The fourth-order valence-electron chi connectivity index (χ4n) is 1.79. The molecule has 1 aromatic rings. The van der Waals surface area contributed by atoms with Gasteiger partial charge in [0.1, 0.15) is 11.4 Å². The van der Waals surface area contributed by atoms with Crippen molar-refractivity contribution < 1.29 is 19.1 Å². The summed E-state index contributed by atoms with van der Waals surface area (Å²) in [5.74, 6) is 0.657. The third-order valence-corrected chi connectivity index (χ3v) is 2.70. The molecule has 0 bridgehead atoms. The van der Waals surface area contributed by atoms with Crippen LogP contribution in [0.3, 0.4) is 0 Å². The Balaban J connectivity index is 2.54. The summed E-state index contributed by atoms with van der Waals surface area (Å²) < 4.78 is 10.4. The van der Waals surface area contributed by atoms with Gasteiger partial charge in [-0.2, -0.15) is 5.48 Å². The number of para-hydroxylation sites is 1. The van der Waals surface area contributed by atoms with Crippen LogP contribution in [0.2, 0.25) is 0 Å². The second kappa shape index (κ2) is 7.85. The molecule has 0 saturated heterocycles. The molecule has 1 aromatic carbocycles. The summed E-state index contributed by atoms with van der Waals surface area (Å²) in [4.78, 5) is 16.7. The van der Waals surface area contributed by atoms with Gasteiger partial charge >= 0.3 is 6.09 Å². The fourth-order valence-corrected chi connectivity index (χ4v) is 1.79. The summed E-state index contributed by atoms with van der Waals surface area (Å²) in [5, 5.41) is 0. The molecule has 0 aliphatic rings. The van der Waals surface area contributed by atoms with Crippen molar-refractivity contribution in [2.75, 3.05) is 20.3 Å². The molecule has 0 radical (unpaired) electrons. The van der Waals surface area contributed by atoms with E-state index in [-0.39, 0.29) is 12.5 Å². The van der Waals surface area contributed by atoms with E-state index in [2.05, 4.69) is 5.48 Å². The Morgan fingerprint density at radius 3 is 2.57 bits per heavy atom. The van der Waals surface area contributed by atoms with Gasteiger partial charge in [0.25, 0.3) is 0 Å². The Hall–Kier alpha value is -1.79. The van der Waals surface area contributed by atoms with Gasteiger partial charge < -0.3 is 15.2 Å². The van der Waals surface area contributed by atoms with E-state index in [1.165, 1.54) is 0 Å². The van der Waals surface area contributed by atoms with E-state index in [9.17, 15) is 4.79 Å². The molecule has 0 aromatic heterocycles. The van der Waals surface area contributed by atoms with E-state index >= 15 is 0 Å². The van der Waals surface area contributed by atoms with Crippen molar-refractivity contribution in [3.63, 3.8) is 0 Å². The van der Waals surface area contributed by atoms with Crippen LogP contribution >= 0.6 is 0 Å².